The number of hydrogen-bond acceptors (Lipinski definition) is 3. The first-order valence-corrected chi connectivity index (χ1v) is 8.56. The van der Waals surface area contributed by atoms with Crippen LogP contribution >= 0.6 is 0 Å². The number of carbonyl (C=O) groups excluding carboxylic acids is 1. The van der Waals surface area contributed by atoms with Crippen molar-refractivity contribution in [2.75, 3.05) is 18.0 Å². The molecule has 1 saturated heterocycles. The lowest BCUT2D eigenvalue weighted by Gasteiger charge is -2.25. The maximum Gasteiger partial charge on any atom is 0.251 e. The normalized spacial score (nSPS) is 20.0. The average molecular weight is 328 g/mol. The number of nitrogens with one attached hydrogen (secondary N) is 1. The van der Waals surface area contributed by atoms with Gasteiger partial charge in [-0.3, -0.25) is 4.79 Å². The van der Waals surface area contributed by atoms with Crippen molar-refractivity contribution in [3.63, 3.8) is 0 Å². The maximum atomic E-state index is 14.4. The summed E-state index contributed by atoms with van der Waals surface area (Å²) in [6, 6.07) is 4.86. The molecule has 3 heterocycles. The van der Waals surface area contributed by atoms with Gasteiger partial charge in [-0.2, -0.15) is 0 Å². The zero-order valence-corrected chi connectivity index (χ0v) is 13.5. The Kier molecular flexibility index (Phi) is 3.96. The third kappa shape index (κ3) is 2.88. The van der Waals surface area contributed by atoms with E-state index in [0.717, 1.165) is 51.1 Å². The molecule has 4 rings (SSSR count). The van der Waals surface area contributed by atoms with Crippen LogP contribution < -0.4 is 10.2 Å². The lowest BCUT2D eigenvalue weighted by atomic mass is 10.1. The first kappa shape index (κ1) is 15.2. The standard InChI is InChI=1S/C18H21FN4O/c19-15-11-13(3-5-16(15)22-8-1-2-9-22)18(24)21-14-4-6-17-20-7-10-23(17)12-14/h3,5,7,10-11,14H,1-2,4,6,8-9,12H2,(H,21,24)/t14-/m1/s1. The van der Waals surface area contributed by atoms with Gasteiger partial charge in [0.05, 0.1) is 5.69 Å². The van der Waals surface area contributed by atoms with Gasteiger partial charge in [0.1, 0.15) is 11.6 Å². The fourth-order valence-corrected chi connectivity index (χ4v) is 3.62. The van der Waals surface area contributed by atoms with Gasteiger partial charge >= 0.3 is 0 Å². The van der Waals surface area contributed by atoms with E-state index in [9.17, 15) is 9.18 Å². The highest BCUT2D eigenvalue weighted by molar-refractivity contribution is 5.94. The monoisotopic (exact) mass is 328 g/mol. The number of halogens is 1. The number of rotatable bonds is 3. The molecule has 1 N–H and O–H groups in total. The van der Waals surface area contributed by atoms with Crippen molar-refractivity contribution in [3.8, 4) is 0 Å². The van der Waals surface area contributed by atoms with E-state index in [2.05, 4.69) is 14.9 Å². The molecule has 1 amide bonds. The van der Waals surface area contributed by atoms with Crippen molar-refractivity contribution in [3.05, 3.63) is 47.8 Å². The van der Waals surface area contributed by atoms with Gasteiger partial charge in [0, 0.05) is 50.1 Å². The van der Waals surface area contributed by atoms with Gasteiger partial charge in [0.2, 0.25) is 0 Å². The third-order valence-electron chi connectivity index (χ3n) is 4.93. The summed E-state index contributed by atoms with van der Waals surface area (Å²) in [5.41, 5.74) is 0.983. The second-order valence-corrected chi connectivity index (χ2v) is 6.57. The van der Waals surface area contributed by atoms with E-state index < -0.39 is 0 Å². The van der Waals surface area contributed by atoms with E-state index in [1.54, 1.807) is 18.3 Å². The highest BCUT2D eigenvalue weighted by Gasteiger charge is 2.22. The van der Waals surface area contributed by atoms with Crippen molar-refractivity contribution >= 4 is 11.6 Å². The zero-order valence-electron chi connectivity index (χ0n) is 13.5. The minimum Gasteiger partial charge on any atom is -0.369 e. The molecule has 1 aromatic heterocycles. The van der Waals surface area contributed by atoms with Crippen LogP contribution in [0.15, 0.2) is 30.6 Å². The van der Waals surface area contributed by atoms with Gasteiger partial charge in [-0.1, -0.05) is 0 Å². The number of amides is 1. The van der Waals surface area contributed by atoms with Gasteiger partial charge in [0.15, 0.2) is 0 Å². The minimum absolute atomic E-state index is 0.0560. The van der Waals surface area contributed by atoms with E-state index in [1.807, 2.05) is 11.1 Å². The molecule has 0 spiro atoms. The van der Waals surface area contributed by atoms with Crippen LogP contribution in [-0.4, -0.2) is 34.6 Å². The molecule has 2 aromatic rings. The van der Waals surface area contributed by atoms with E-state index >= 15 is 0 Å². The molecule has 1 fully saturated rings. The molecular formula is C18H21FN4O. The first-order chi connectivity index (χ1) is 11.7. The number of aryl methyl sites for hydroxylation is 1. The van der Waals surface area contributed by atoms with Crippen molar-refractivity contribution < 1.29 is 9.18 Å². The van der Waals surface area contributed by atoms with Crippen LogP contribution in [0.25, 0.3) is 0 Å². The molecule has 0 aliphatic carbocycles. The lowest BCUT2D eigenvalue weighted by molar-refractivity contribution is 0.0927. The van der Waals surface area contributed by atoms with Crippen LogP contribution in [0.3, 0.4) is 0 Å². The Morgan fingerprint density at radius 2 is 2.12 bits per heavy atom. The van der Waals surface area contributed by atoms with E-state index in [0.29, 0.717) is 11.3 Å². The van der Waals surface area contributed by atoms with Crippen LogP contribution in [0.2, 0.25) is 0 Å². The van der Waals surface area contributed by atoms with Gasteiger partial charge in [0.25, 0.3) is 5.91 Å². The number of nitrogens with zero attached hydrogens (tertiary/aromatic N) is 3. The second kappa shape index (κ2) is 6.26. The minimum atomic E-state index is -0.315. The Hall–Kier alpha value is -2.37. The molecule has 0 radical (unpaired) electrons. The largest absolute Gasteiger partial charge is 0.369 e. The molecule has 5 nitrogen and oxygen atoms in total. The van der Waals surface area contributed by atoms with Crippen LogP contribution in [0.4, 0.5) is 10.1 Å². The SMILES string of the molecule is O=C(N[C@@H]1CCc2nccn2C1)c1ccc(N2CCCC2)c(F)c1. The van der Waals surface area contributed by atoms with Crippen molar-refractivity contribution in [2.24, 2.45) is 0 Å². The fourth-order valence-electron chi connectivity index (χ4n) is 3.62. The Bertz CT molecular complexity index is 751. The van der Waals surface area contributed by atoms with Crippen LogP contribution in [-0.2, 0) is 13.0 Å². The Labute approximate surface area is 140 Å². The highest BCUT2D eigenvalue weighted by Crippen LogP contribution is 2.24. The maximum absolute atomic E-state index is 14.4. The van der Waals surface area contributed by atoms with Gasteiger partial charge in [-0.25, -0.2) is 9.37 Å². The molecule has 1 aromatic carbocycles. The molecule has 2 aliphatic heterocycles. The summed E-state index contributed by atoms with van der Waals surface area (Å²) in [4.78, 5) is 18.8. The van der Waals surface area contributed by atoms with Crippen LogP contribution in [0, 0.1) is 5.82 Å². The summed E-state index contributed by atoms with van der Waals surface area (Å²) in [5.74, 6) is 0.530. The highest BCUT2D eigenvalue weighted by atomic mass is 19.1. The van der Waals surface area contributed by atoms with Crippen molar-refractivity contribution in [1.29, 1.82) is 0 Å². The summed E-state index contributed by atoms with van der Waals surface area (Å²) >= 11 is 0. The number of benzene rings is 1. The topological polar surface area (TPSA) is 50.2 Å². The number of fused-ring (bicyclic) bond motifs is 1. The molecule has 0 bridgehead atoms. The number of imidazole rings is 1. The quantitative estimate of drug-likeness (QED) is 0.941. The van der Waals surface area contributed by atoms with E-state index in [-0.39, 0.29) is 17.8 Å². The van der Waals surface area contributed by atoms with Crippen LogP contribution in [0.1, 0.15) is 35.4 Å². The molecule has 6 heteroatoms. The number of carbonyl (C=O) groups is 1. The van der Waals surface area contributed by atoms with Crippen molar-refractivity contribution in [2.45, 2.75) is 38.3 Å². The Morgan fingerprint density at radius 1 is 1.29 bits per heavy atom. The summed E-state index contributed by atoms with van der Waals surface area (Å²) in [6.07, 6.45) is 7.61. The van der Waals surface area contributed by atoms with Gasteiger partial charge in [-0.05, 0) is 37.5 Å². The molecule has 0 unspecified atom stereocenters. The van der Waals surface area contributed by atoms with Gasteiger partial charge in [-0.15, -0.1) is 0 Å². The summed E-state index contributed by atoms with van der Waals surface area (Å²) in [7, 11) is 0. The van der Waals surface area contributed by atoms with E-state index in [1.165, 1.54) is 6.07 Å². The molecule has 0 saturated carbocycles. The molecule has 126 valence electrons. The first-order valence-electron chi connectivity index (χ1n) is 8.56. The number of hydrogen-bond donors (Lipinski definition) is 1. The molecule has 1 atom stereocenters. The Morgan fingerprint density at radius 3 is 2.92 bits per heavy atom. The van der Waals surface area contributed by atoms with Crippen molar-refractivity contribution in [1.82, 2.24) is 14.9 Å². The molecular weight excluding hydrogens is 307 g/mol. The Balaban J connectivity index is 1.44. The predicted molar refractivity (Wildman–Crippen MR) is 89.6 cm³/mol. The van der Waals surface area contributed by atoms with Gasteiger partial charge < -0.3 is 14.8 Å². The second-order valence-electron chi connectivity index (χ2n) is 6.57. The third-order valence-corrected chi connectivity index (χ3v) is 4.93. The summed E-state index contributed by atoms with van der Waals surface area (Å²) < 4.78 is 16.4. The fraction of sp³-hybridized carbons (Fsp3) is 0.444. The zero-order chi connectivity index (χ0) is 16.5. The predicted octanol–water partition coefficient (Wildman–Crippen LogP) is 2.37. The smallest absolute Gasteiger partial charge is 0.251 e. The average Bonchev–Trinajstić information content (AvgIpc) is 3.25. The molecule has 24 heavy (non-hydrogen) atoms. The number of anilines is 1. The van der Waals surface area contributed by atoms with E-state index in [4.69, 9.17) is 0 Å². The lowest BCUT2D eigenvalue weighted by Crippen LogP contribution is -2.40. The summed E-state index contributed by atoms with van der Waals surface area (Å²) in [5, 5.41) is 3.01. The molecule has 2 aliphatic rings. The van der Waals surface area contributed by atoms with Crippen LogP contribution in [0.5, 0.6) is 0 Å². The number of aromatic nitrogens is 2. The summed E-state index contributed by atoms with van der Waals surface area (Å²) in [6.45, 7) is 2.49.